The predicted molar refractivity (Wildman–Crippen MR) is 58.9 cm³/mol. The van der Waals surface area contributed by atoms with Crippen LogP contribution in [-0.4, -0.2) is 30.9 Å². The first-order valence-corrected chi connectivity index (χ1v) is 5.61. The summed E-state index contributed by atoms with van der Waals surface area (Å²) in [7, 11) is 1.28. The first kappa shape index (κ1) is 10.5. The molecule has 2 fully saturated rings. The number of ether oxygens (including phenoxy) is 2. The number of fused-ring (bicyclic) bond motifs is 1. The van der Waals surface area contributed by atoms with Crippen molar-refractivity contribution in [2.45, 2.75) is 6.04 Å². The molecule has 0 radical (unpaired) electrons. The lowest BCUT2D eigenvalue weighted by Gasteiger charge is -2.09. The molecular weight excluding hydrogens is 222 g/mol. The average molecular weight is 235 g/mol. The van der Waals surface area contributed by atoms with E-state index in [1.807, 2.05) is 0 Å². The monoisotopic (exact) mass is 235 g/mol. The molecule has 3 atom stereocenters. The molecule has 1 aromatic rings. The number of nitrogens with zero attached hydrogens (tertiary/aromatic N) is 1. The highest BCUT2D eigenvalue weighted by molar-refractivity contribution is 5.88. The molecule has 90 valence electrons. The summed E-state index contributed by atoms with van der Waals surface area (Å²) < 4.78 is 11.5. The van der Waals surface area contributed by atoms with Gasteiger partial charge in [-0.15, -0.1) is 0 Å². The molecule has 1 aliphatic carbocycles. The zero-order valence-electron chi connectivity index (χ0n) is 9.46. The van der Waals surface area contributed by atoms with E-state index in [1.54, 1.807) is 16.8 Å². The van der Waals surface area contributed by atoms with Crippen LogP contribution >= 0.6 is 0 Å². The smallest absolute Gasteiger partial charge is 0.343 e. The van der Waals surface area contributed by atoms with Gasteiger partial charge in [-0.05, 0) is 12.1 Å². The van der Waals surface area contributed by atoms with E-state index in [0.29, 0.717) is 25.0 Å². The normalized spacial score (nSPS) is 29.8. The standard InChI is InChI=1S/C12H13NO4/c1-16-12(15)7-3-2-4-13(11(7)14)10-8-5-17-6-9(8)10/h2-4,8-10H,5-6H2,1H3/t8-,9+,10+. The highest BCUT2D eigenvalue weighted by Crippen LogP contribution is 2.53. The van der Waals surface area contributed by atoms with Crippen LogP contribution in [0, 0.1) is 11.8 Å². The third-order valence-corrected chi connectivity index (χ3v) is 3.61. The summed E-state index contributed by atoms with van der Waals surface area (Å²) in [5.74, 6) is 0.285. The molecule has 2 heterocycles. The van der Waals surface area contributed by atoms with Gasteiger partial charge in [-0.2, -0.15) is 0 Å². The van der Waals surface area contributed by atoms with Crippen molar-refractivity contribution in [3.8, 4) is 0 Å². The Bertz CT molecular complexity index is 511. The van der Waals surface area contributed by atoms with Crippen LogP contribution in [0.2, 0.25) is 0 Å². The van der Waals surface area contributed by atoms with E-state index in [4.69, 9.17) is 4.74 Å². The van der Waals surface area contributed by atoms with Crippen molar-refractivity contribution in [3.05, 3.63) is 34.2 Å². The van der Waals surface area contributed by atoms with Crippen LogP contribution in [0.3, 0.4) is 0 Å². The largest absolute Gasteiger partial charge is 0.465 e. The Morgan fingerprint density at radius 3 is 2.82 bits per heavy atom. The van der Waals surface area contributed by atoms with Crippen LogP contribution in [0.25, 0.3) is 0 Å². The Morgan fingerprint density at radius 2 is 2.18 bits per heavy atom. The number of hydrogen-bond acceptors (Lipinski definition) is 4. The van der Waals surface area contributed by atoms with E-state index in [-0.39, 0.29) is 17.2 Å². The summed E-state index contributed by atoms with van der Waals surface area (Å²) in [5.41, 5.74) is -0.167. The van der Waals surface area contributed by atoms with Crippen LogP contribution in [0.15, 0.2) is 23.1 Å². The second-order valence-corrected chi connectivity index (χ2v) is 4.48. The fourth-order valence-electron chi connectivity index (χ4n) is 2.63. The zero-order valence-corrected chi connectivity index (χ0v) is 9.46. The van der Waals surface area contributed by atoms with Gasteiger partial charge in [0.2, 0.25) is 0 Å². The van der Waals surface area contributed by atoms with E-state index >= 15 is 0 Å². The highest BCUT2D eigenvalue weighted by Gasteiger charge is 2.55. The first-order valence-electron chi connectivity index (χ1n) is 5.61. The molecule has 0 amide bonds. The summed E-state index contributed by atoms with van der Waals surface area (Å²) in [5, 5.41) is 0. The number of carbonyl (C=O) groups is 1. The quantitative estimate of drug-likeness (QED) is 0.698. The van der Waals surface area contributed by atoms with Gasteiger partial charge >= 0.3 is 5.97 Å². The number of methoxy groups -OCH3 is 1. The molecule has 2 aliphatic rings. The first-order chi connectivity index (χ1) is 8.24. The minimum atomic E-state index is -0.577. The molecule has 1 aromatic heterocycles. The fourth-order valence-corrected chi connectivity index (χ4v) is 2.63. The van der Waals surface area contributed by atoms with E-state index in [1.165, 1.54) is 13.2 Å². The Hall–Kier alpha value is -1.62. The van der Waals surface area contributed by atoms with Crippen molar-refractivity contribution in [1.29, 1.82) is 0 Å². The van der Waals surface area contributed by atoms with Crippen LogP contribution in [-0.2, 0) is 9.47 Å². The van der Waals surface area contributed by atoms with Gasteiger partial charge in [0.05, 0.1) is 20.3 Å². The number of hydrogen-bond donors (Lipinski definition) is 0. The van der Waals surface area contributed by atoms with E-state index in [9.17, 15) is 9.59 Å². The van der Waals surface area contributed by atoms with Gasteiger partial charge in [0.25, 0.3) is 5.56 Å². The molecule has 1 saturated heterocycles. The second-order valence-electron chi connectivity index (χ2n) is 4.48. The fraction of sp³-hybridized carbons (Fsp3) is 0.500. The predicted octanol–water partition coefficient (Wildman–Crippen LogP) is 0.452. The number of esters is 1. The van der Waals surface area contributed by atoms with Crippen molar-refractivity contribution in [2.24, 2.45) is 11.8 Å². The Morgan fingerprint density at radius 1 is 1.47 bits per heavy atom. The number of rotatable bonds is 2. The van der Waals surface area contributed by atoms with Gasteiger partial charge in [-0.1, -0.05) is 0 Å². The summed E-state index contributed by atoms with van der Waals surface area (Å²) in [4.78, 5) is 23.5. The summed E-state index contributed by atoms with van der Waals surface area (Å²) in [6.07, 6.45) is 1.73. The SMILES string of the molecule is COC(=O)c1cccn([C@H]2[C@@H]3COC[C@@H]32)c1=O. The maximum absolute atomic E-state index is 12.1. The topological polar surface area (TPSA) is 57.5 Å². The maximum Gasteiger partial charge on any atom is 0.343 e. The molecule has 5 heteroatoms. The molecule has 0 aromatic carbocycles. The maximum atomic E-state index is 12.1. The average Bonchev–Trinajstić information content (AvgIpc) is 2.82. The lowest BCUT2D eigenvalue weighted by molar-refractivity contribution is 0.0597. The highest BCUT2D eigenvalue weighted by atomic mass is 16.5. The van der Waals surface area contributed by atoms with Crippen molar-refractivity contribution in [3.63, 3.8) is 0 Å². The third kappa shape index (κ3) is 1.50. The van der Waals surface area contributed by atoms with Crippen LogP contribution < -0.4 is 5.56 Å². The molecule has 0 spiro atoms. The number of pyridine rings is 1. The van der Waals surface area contributed by atoms with Crippen LogP contribution in [0.1, 0.15) is 16.4 Å². The molecule has 5 nitrogen and oxygen atoms in total. The molecule has 17 heavy (non-hydrogen) atoms. The van der Waals surface area contributed by atoms with Crippen molar-refractivity contribution < 1.29 is 14.3 Å². The molecule has 1 aliphatic heterocycles. The molecule has 0 bridgehead atoms. The van der Waals surface area contributed by atoms with Gasteiger partial charge in [0.1, 0.15) is 5.56 Å². The summed E-state index contributed by atoms with van der Waals surface area (Å²) in [6, 6.07) is 3.41. The van der Waals surface area contributed by atoms with Crippen LogP contribution in [0.5, 0.6) is 0 Å². The minimum Gasteiger partial charge on any atom is -0.465 e. The van der Waals surface area contributed by atoms with Crippen molar-refractivity contribution in [2.75, 3.05) is 20.3 Å². The van der Waals surface area contributed by atoms with E-state index in [2.05, 4.69) is 4.74 Å². The van der Waals surface area contributed by atoms with E-state index < -0.39 is 5.97 Å². The number of aromatic nitrogens is 1. The molecule has 0 unspecified atom stereocenters. The van der Waals surface area contributed by atoms with Gasteiger partial charge < -0.3 is 14.0 Å². The lowest BCUT2D eigenvalue weighted by atomic mass is 10.2. The molecule has 0 N–H and O–H groups in total. The third-order valence-electron chi connectivity index (χ3n) is 3.61. The van der Waals surface area contributed by atoms with Gasteiger partial charge in [0, 0.05) is 24.1 Å². The van der Waals surface area contributed by atoms with Crippen molar-refractivity contribution >= 4 is 5.97 Å². The summed E-state index contributed by atoms with van der Waals surface area (Å²) >= 11 is 0. The second kappa shape index (κ2) is 3.70. The van der Waals surface area contributed by atoms with Gasteiger partial charge in [-0.25, -0.2) is 4.79 Å². The van der Waals surface area contributed by atoms with Crippen LogP contribution in [0.4, 0.5) is 0 Å². The minimum absolute atomic E-state index is 0.0980. The Labute approximate surface area is 98.0 Å². The molecular formula is C12H13NO4. The number of carbonyl (C=O) groups excluding carboxylic acids is 1. The van der Waals surface area contributed by atoms with E-state index in [0.717, 1.165) is 0 Å². The molecule has 1 saturated carbocycles. The van der Waals surface area contributed by atoms with Gasteiger partial charge in [-0.3, -0.25) is 4.79 Å². The molecule has 3 rings (SSSR count). The Balaban J connectivity index is 1.96. The summed E-state index contributed by atoms with van der Waals surface area (Å²) in [6.45, 7) is 1.43. The lowest BCUT2D eigenvalue weighted by Crippen LogP contribution is -2.27. The van der Waals surface area contributed by atoms with Crippen molar-refractivity contribution in [1.82, 2.24) is 4.57 Å². The zero-order chi connectivity index (χ0) is 12.0. The Kier molecular flexibility index (Phi) is 2.29. The van der Waals surface area contributed by atoms with Gasteiger partial charge in [0.15, 0.2) is 0 Å².